The molecule has 5 nitrogen and oxygen atoms in total. The molecule has 6 heteroatoms. The first-order chi connectivity index (χ1) is 14.0. The lowest BCUT2D eigenvalue weighted by atomic mass is 10.1. The maximum atomic E-state index is 13.4. The van der Waals surface area contributed by atoms with Crippen LogP contribution in [0.4, 0.5) is 0 Å². The van der Waals surface area contributed by atoms with E-state index in [1.54, 1.807) is 24.0 Å². The summed E-state index contributed by atoms with van der Waals surface area (Å²) in [5, 5.41) is 0. The molecule has 0 N–H and O–H groups in total. The van der Waals surface area contributed by atoms with Gasteiger partial charge in [-0.3, -0.25) is 9.59 Å². The molecule has 0 unspecified atom stereocenters. The Labute approximate surface area is 181 Å². The molecule has 0 spiro atoms. The fourth-order valence-corrected chi connectivity index (χ4v) is 3.17. The molecular weight excluding hydrogens is 434 g/mol. The molecule has 0 aromatic heterocycles. The van der Waals surface area contributed by atoms with Crippen molar-refractivity contribution in [2.45, 2.75) is 39.7 Å². The van der Waals surface area contributed by atoms with Crippen LogP contribution in [-0.4, -0.2) is 36.5 Å². The smallest absolute Gasteiger partial charge is 0.307 e. The van der Waals surface area contributed by atoms with Crippen molar-refractivity contribution in [2.75, 3.05) is 19.8 Å². The zero-order valence-corrected chi connectivity index (χ0v) is 18.6. The number of hydrogen-bond donors (Lipinski definition) is 0. The van der Waals surface area contributed by atoms with Crippen LogP contribution >= 0.6 is 15.9 Å². The van der Waals surface area contributed by atoms with Crippen LogP contribution in [0.1, 0.15) is 49.0 Å². The molecule has 0 atom stereocenters. The van der Waals surface area contributed by atoms with Gasteiger partial charge in [-0.1, -0.05) is 59.6 Å². The number of esters is 1. The van der Waals surface area contributed by atoms with Gasteiger partial charge in [0.15, 0.2) is 0 Å². The lowest BCUT2D eigenvalue weighted by Gasteiger charge is -2.24. The average molecular weight is 462 g/mol. The maximum Gasteiger partial charge on any atom is 0.307 e. The number of rotatable bonds is 11. The van der Waals surface area contributed by atoms with E-state index in [2.05, 4.69) is 22.9 Å². The third-order valence-corrected chi connectivity index (χ3v) is 4.82. The summed E-state index contributed by atoms with van der Waals surface area (Å²) in [4.78, 5) is 26.9. The van der Waals surface area contributed by atoms with Gasteiger partial charge in [0.25, 0.3) is 5.91 Å². The molecule has 29 heavy (non-hydrogen) atoms. The van der Waals surface area contributed by atoms with Crippen molar-refractivity contribution in [1.29, 1.82) is 0 Å². The first-order valence-electron chi connectivity index (χ1n) is 9.96. The van der Waals surface area contributed by atoms with Crippen LogP contribution in [0.3, 0.4) is 0 Å². The number of halogens is 1. The molecule has 2 aromatic carbocycles. The second-order valence-electron chi connectivity index (χ2n) is 6.61. The van der Waals surface area contributed by atoms with Crippen molar-refractivity contribution in [3.63, 3.8) is 0 Å². The van der Waals surface area contributed by atoms with E-state index in [1.807, 2.05) is 36.4 Å². The minimum atomic E-state index is -0.313. The quantitative estimate of drug-likeness (QED) is 0.339. The summed E-state index contributed by atoms with van der Waals surface area (Å²) < 4.78 is 11.7. The molecule has 0 fully saturated rings. The number of amides is 1. The Morgan fingerprint density at radius 3 is 2.52 bits per heavy atom. The molecule has 1 amide bonds. The molecule has 0 aliphatic carbocycles. The van der Waals surface area contributed by atoms with Crippen molar-refractivity contribution in [3.05, 3.63) is 64.1 Å². The largest absolute Gasteiger partial charge is 0.493 e. The molecule has 2 aromatic rings. The van der Waals surface area contributed by atoms with Crippen molar-refractivity contribution >= 4 is 27.8 Å². The number of benzene rings is 2. The van der Waals surface area contributed by atoms with Crippen LogP contribution in [0.2, 0.25) is 0 Å². The zero-order chi connectivity index (χ0) is 21.1. The van der Waals surface area contributed by atoms with E-state index >= 15 is 0 Å². The van der Waals surface area contributed by atoms with Gasteiger partial charge in [0.05, 0.1) is 25.2 Å². The van der Waals surface area contributed by atoms with E-state index in [-0.39, 0.29) is 24.8 Å². The number of carbonyl (C=O) groups is 2. The Bertz CT molecular complexity index is 795. The first kappa shape index (κ1) is 22.9. The van der Waals surface area contributed by atoms with Gasteiger partial charge in [0, 0.05) is 17.6 Å². The SMILES string of the molecule is CCCCOc1ccc(Br)cc1C(=O)N(CCC(=O)OCC)Cc1ccccc1. The summed E-state index contributed by atoms with van der Waals surface area (Å²) >= 11 is 3.44. The number of hydrogen-bond acceptors (Lipinski definition) is 4. The first-order valence-corrected chi connectivity index (χ1v) is 10.8. The molecule has 156 valence electrons. The number of carbonyl (C=O) groups excluding carboxylic acids is 2. The summed E-state index contributed by atoms with van der Waals surface area (Å²) in [6.07, 6.45) is 2.08. The Morgan fingerprint density at radius 2 is 1.83 bits per heavy atom. The van der Waals surface area contributed by atoms with E-state index in [0.29, 0.717) is 31.1 Å². The minimum absolute atomic E-state index is 0.145. The molecule has 0 bridgehead atoms. The van der Waals surface area contributed by atoms with Crippen LogP contribution in [0.15, 0.2) is 53.0 Å². The highest BCUT2D eigenvalue weighted by molar-refractivity contribution is 9.10. The standard InChI is InChI=1S/C23H28BrNO4/c1-3-5-15-29-21-12-11-19(24)16-20(21)23(27)25(14-13-22(26)28-4-2)17-18-9-7-6-8-10-18/h6-12,16H,3-5,13-15,17H2,1-2H3. The average Bonchev–Trinajstić information content (AvgIpc) is 2.72. The van der Waals surface area contributed by atoms with Gasteiger partial charge in [0.1, 0.15) is 5.75 Å². The van der Waals surface area contributed by atoms with Gasteiger partial charge in [-0.05, 0) is 37.1 Å². The van der Waals surface area contributed by atoms with Gasteiger partial charge in [-0.25, -0.2) is 0 Å². The Hall–Kier alpha value is -2.34. The molecule has 0 saturated carbocycles. The van der Waals surface area contributed by atoms with Gasteiger partial charge >= 0.3 is 5.97 Å². The highest BCUT2D eigenvalue weighted by atomic mass is 79.9. The summed E-state index contributed by atoms with van der Waals surface area (Å²) in [5.74, 6) is 0.0684. The predicted octanol–water partition coefficient (Wildman–Crippen LogP) is 5.22. The van der Waals surface area contributed by atoms with E-state index in [9.17, 15) is 9.59 Å². The van der Waals surface area contributed by atoms with E-state index in [1.165, 1.54) is 0 Å². The van der Waals surface area contributed by atoms with Crippen LogP contribution in [0.25, 0.3) is 0 Å². The number of ether oxygens (including phenoxy) is 2. The van der Waals surface area contributed by atoms with Crippen LogP contribution in [0, 0.1) is 0 Å². The summed E-state index contributed by atoms with van der Waals surface area (Å²) in [6.45, 7) is 5.42. The van der Waals surface area contributed by atoms with Crippen LogP contribution in [-0.2, 0) is 16.1 Å². The van der Waals surface area contributed by atoms with Gasteiger partial charge < -0.3 is 14.4 Å². The number of unbranched alkanes of at least 4 members (excludes halogenated alkanes) is 1. The summed E-state index contributed by atoms with van der Waals surface area (Å²) in [6, 6.07) is 15.2. The number of nitrogens with zero attached hydrogens (tertiary/aromatic N) is 1. The fraction of sp³-hybridized carbons (Fsp3) is 0.391. The summed E-state index contributed by atoms with van der Waals surface area (Å²) in [5.41, 5.74) is 1.48. The van der Waals surface area contributed by atoms with Gasteiger partial charge in [0.2, 0.25) is 0 Å². The lowest BCUT2D eigenvalue weighted by Crippen LogP contribution is -2.33. The van der Waals surface area contributed by atoms with Crippen LogP contribution < -0.4 is 4.74 Å². The maximum absolute atomic E-state index is 13.4. The van der Waals surface area contributed by atoms with Crippen molar-refractivity contribution in [2.24, 2.45) is 0 Å². The molecule has 0 radical (unpaired) electrons. The van der Waals surface area contributed by atoms with E-state index in [4.69, 9.17) is 9.47 Å². The molecule has 0 aliphatic rings. The fourth-order valence-electron chi connectivity index (χ4n) is 2.81. The molecule has 0 heterocycles. The molecular formula is C23H28BrNO4. The van der Waals surface area contributed by atoms with Gasteiger partial charge in [-0.2, -0.15) is 0 Å². The van der Waals surface area contributed by atoms with Crippen molar-refractivity contribution < 1.29 is 19.1 Å². The topological polar surface area (TPSA) is 55.8 Å². The molecule has 2 rings (SSSR count). The normalized spacial score (nSPS) is 10.4. The third kappa shape index (κ3) is 7.54. The Balaban J connectivity index is 2.25. The van der Waals surface area contributed by atoms with Crippen molar-refractivity contribution in [3.8, 4) is 5.75 Å². The monoisotopic (exact) mass is 461 g/mol. The van der Waals surface area contributed by atoms with Crippen LogP contribution in [0.5, 0.6) is 5.75 Å². The van der Waals surface area contributed by atoms with E-state index in [0.717, 1.165) is 22.9 Å². The molecule has 0 aliphatic heterocycles. The lowest BCUT2D eigenvalue weighted by molar-refractivity contribution is -0.143. The summed E-state index contributed by atoms with van der Waals surface area (Å²) in [7, 11) is 0. The highest BCUT2D eigenvalue weighted by Crippen LogP contribution is 2.26. The Kier molecular flexibility index (Phi) is 9.71. The zero-order valence-electron chi connectivity index (χ0n) is 17.0. The molecule has 0 saturated heterocycles. The van der Waals surface area contributed by atoms with Crippen molar-refractivity contribution in [1.82, 2.24) is 4.90 Å². The Morgan fingerprint density at radius 1 is 1.07 bits per heavy atom. The predicted molar refractivity (Wildman–Crippen MR) is 117 cm³/mol. The minimum Gasteiger partial charge on any atom is -0.493 e. The third-order valence-electron chi connectivity index (χ3n) is 4.32. The highest BCUT2D eigenvalue weighted by Gasteiger charge is 2.22. The second kappa shape index (κ2) is 12.3. The second-order valence-corrected chi connectivity index (χ2v) is 7.53. The van der Waals surface area contributed by atoms with Gasteiger partial charge in [-0.15, -0.1) is 0 Å². The van der Waals surface area contributed by atoms with E-state index < -0.39 is 0 Å².